The van der Waals surface area contributed by atoms with E-state index in [1.165, 1.54) is 38.5 Å². The largest absolute Gasteiger partial charge is 0.0879 e. The van der Waals surface area contributed by atoms with Gasteiger partial charge < -0.3 is 0 Å². The van der Waals surface area contributed by atoms with Gasteiger partial charge in [0.2, 0.25) is 0 Å². The van der Waals surface area contributed by atoms with E-state index in [0.29, 0.717) is 0 Å². The second-order valence-corrected chi connectivity index (χ2v) is 17.5. The highest BCUT2D eigenvalue weighted by Crippen LogP contribution is 2.37. The third kappa shape index (κ3) is 15.2. The Hall–Kier alpha value is -1.04. The molecule has 4 aliphatic carbocycles. The van der Waals surface area contributed by atoms with Gasteiger partial charge in [-0.1, -0.05) is 166 Å². The number of allylic oxidation sites excluding steroid dienone is 8. The second kappa shape index (κ2) is 21.8. The molecular formula is C45H84. The van der Waals surface area contributed by atoms with Crippen LogP contribution in [0.5, 0.6) is 0 Å². The van der Waals surface area contributed by atoms with Crippen LogP contribution < -0.4 is 0 Å². The van der Waals surface area contributed by atoms with E-state index in [9.17, 15) is 0 Å². The van der Waals surface area contributed by atoms with Gasteiger partial charge in [-0.3, -0.25) is 0 Å². The predicted octanol–water partition coefficient (Wildman–Crippen LogP) is 14.9. The van der Waals surface area contributed by atoms with Crippen LogP contribution in [0.2, 0.25) is 0 Å². The van der Waals surface area contributed by atoms with Crippen molar-refractivity contribution in [2.24, 2.45) is 82.9 Å². The fraction of sp³-hybridized carbons (Fsp3) is 0.822. The van der Waals surface area contributed by atoms with Gasteiger partial charge in [-0.2, -0.15) is 0 Å². The molecule has 0 aromatic carbocycles. The van der Waals surface area contributed by atoms with Crippen LogP contribution in [0.3, 0.4) is 0 Å². The Morgan fingerprint density at radius 3 is 1.38 bits per heavy atom. The van der Waals surface area contributed by atoms with Crippen molar-refractivity contribution >= 4 is 0 Å². The van der Waals surface area contributed by atoms with Crippen molar-refractivity contribution in [2.75, 3.05) is 0 Å². The molecule has 264 valence electrons. The molecule has 0 aliphatic heterocycles. The summed E-state index contributed by atoms with van der Waals surface area (Å²) in [4.78, 5) is 0. The third-order valence-electron chi connectivity index (χ3n) is 11.3. The van der Waals surface area contributed by atoms with Crippen molar-refractivity contribution in [2.45, 2.75) is 157 Å². The predicted molar refractivity (Wildman–Crippen MR) is 209 cm³/mol. The molecule has 4 aliphatic rings. The monoisotopic (exact) mass is 625 g/mol. The lowest BCUT2D eigenvalue weighted by Gasteiger charge is -2.25. The van der Waals surface area contributed by atoms with Gasteiger partial charge in [0.05, 0.1) is 0 Å². The summed E-state index contributed by atoms with van der Waals surface area (Å²) in [5.41, 5.74) is 3.39. The molecule has 0 saturated heterocycles. The number of rotatable bonds is 8. The van der Waals surface area contributed by atoms with E-state index in [4.69, 9.17) is 0 Å². The molecule has 6 unspecified atom stereocenters. The Bertz CT molecular complexity index is 861. The zero-order chi connectivity index (χ0) is 33.7. The normalized spacial score (nSPS) is 27.2. The van der Waals surface area contributed by atoms with E-state index in [-0.39, 0.29) is 7.43 Å². The van der Waals surface area contributed by atoms with E-state index in [2.05, 4.69) is 147 Å². The summed E-state index contributed by atoms with van der Waals surface area (Å²) in [5.74, 6) is 11.8. The molecule has 0 bridgehead atoms. The molecule has 0 aromatic heterocycles. The summed E-state index contributed by atoms with van der Waals surface area (Å²) in [6.45, 7) is 37.2. The van der Waals surface area contributed by atoms with Gasteiger partial charge in [0.25, 0.3) is 0 Å². The molecule has 45 heavy (non-hydrogen) atoms. The summed E-state index contributed by atoms with van der Waals surface area (Å²) in [7, 11) is 0. The Labute approximate surface area is 286 Å². The molecule has 4 rings (SSSR count). The van der Waals surface area contributed by atoms with Gasteiger partial charge in [-0.25, -0.2) is 0 Å². The highest BCUT2D eigenvalue weighted by Gasteiger charge is 2.27. The van der Waals surface area contributed by atoms with Gasteiger partial charge in [-0.05, 0) is 121 Å². The van der Waals surface area contributed by atoms with E-state index in [0.717, 1.165) is 82.9 Å². The van der Waals surface area contributed by atoms with E-state index in [1.54, 1.807) is 11.1 Å². The maximum absolute atomic E-state index is 2.51. The molecule has 0 nitrogen and oxygen atoms in total. The summed E-state index contributed by atoms with van der Waals surface area (Å²) in [5, 5.41) is 0. The van der Waals surface area contributed by atoms with Crippen LogP contribution in [0.1, 0.15) is 157 Å². The van der Waals surface area contributed by atoms with Gasteiger partial charge >= 0.3 is 0 Å². The van der Waals surface area contributed by atoms with Crippen LogP contribution >= 0.6 is 0 Å². The quantitative estimate of drug-likeness (QED) is 0.236. The van der Waals surface area contributed by atoms with Gasteiger partial charge in [0.15, 0.2) is 0 Å². The summed E-state index contributed by atoms with van der Waals surface area (Å²) >= 11 is 0. The molecule has 0 heteroatoms. The number of hydrogen-bond donors (Lipinski definition) is 0. The Morgan fingerprint density at radius 1 is 0.556 bits per heavy atom. The summed E-state index contributed by atoms with van der Waals surface area (Å²) in [6.07, 6.45) is 22.7. The van der Waals surface area contributed by atoms with Crippen molar-refractivity contribution < 1.29 is 0 Å². The SMILES string of the molecule is C.CC(C)C1=CC(C(C)C)CC1.CC(C)C1=CCCC1C(C)C.CC(C)C1C=CC(C(C)C)C1.CC(C)C1C=CCC1C(C)C. The minimum Gasteiger partial charge on any atom is -0.0879 e. The molecule has 0 saturated carbocycles. The molecule has 0 N–H and O–H groups in total. The van der Waals surface area contributed by atoms with Crippen molar-refractivity contribution in [1.29, 1.82) is 0 Å². The van der Waals surface area contributed by atoms with Crippen LogP contribution in [-0.2, 0) is 0 Å². The first-order chi connectivity index (χ1) is 20.5. The lowest BCUT2D eigenvalue weighted by atomic mass is 9.79. The average Bonchev–Trinajstić information content (AvgIpc) is 3.75. The van der Waals surface area contributed by atoms with E-state index >= 15 is 0 Å². The highest BCUT2D eigenvalue weighted by atomic mass is 14.3. The minimum absolute atomic E-state index is 0. The molecule has 0 fully saturated rings. The summed E-state index contributed by atoms with van der Waals surface area (Å²) < 4.78 is 0. The number of hydrogen-bond acceptors (Lipinski definition) is 0. The van der Waals surface area contributed by atoms with Crippen LogP contribution in [0.4, 0.5) is 0 Å². The van der Waals surface area contributed by atoms with E-state index < -0.39 is 0 Å². The van der Waals surface area contributed by atoms with Crippen LogP contribution in [0, 0.1) is 82.9 Å². The third-order valence-corrected chi connectivity index (χ3v) is 11.3. The molecule has 0 radical (unpaired) electrons. The molecule has 0 aromatic rings. The molecule has 0 amide bonds. The highest BCUT2D eigenvalue weighted by molar-refractivity contribution is 5.15. The van der Waals surface area contributed by atoms with Crippen LogP contribution in [-0.4, -0.2) is 0 Å². The maximum Gasteiger partial charge on any atom is -0.0175 e. The van der Waals surface area contributed by atoms with Gasteiger partial charge in [-0.15, -0.1) is 0 Å². The van der Waals surface area contributed by atoms with Crippen molar-refractivity contribution in [1.82, 2.24) is 0 Å². The van der Waals surface area contributed by atoms with E-state index in [1.807, 2.05) is 0 Å². The van der Waals surface area contributed by atoms with Crippen LogP contribution in [0.15, 0.2) is 47.6 Å². The zero-order valence-corrected chi connectivity index (χ0v) is 32.8. The fourth-order valence-corrected chi connectivity index (χ4v) is 7.78. The Balaban J connectivity index is 0.000000569. The Morgan fingerprint density at radius 2 is 1.09 bits per heavy atom. The maximum atomic E-state index is 2.51. The van der Waals surface area contributed by atoms with Crippen molar-refractivity contribution in [3.8, 4) is 0 Å². The molecular weight excluding hydrogens is 540 g/mol. The first-order valence-corrected chi connectivity index (χ1v) is 19.2. The molecule has 0 heterocycles. The standard InChI is InChI=1S/4C11H20.CH4/c2*1-8(2)10-5-6-11(7-10)9(3)4;2*1-8(2)10-6-5-7-11(10)9(3)4;/h7-10H,5-6H2,1-4H3;5-6,8-11H,7H2,1-4H3;6,8-9,11H,5,7H2,1-4H3;5-6,8-11H,7H2,1-4H3;1H4. The average molecular weight is 625 g/mol. The first-order valence-electron chi connectivity index (χ1n) is 19.2. The minimum atomic E-state index is 0. The second-order valence-electron chi connectivity index (χ2n) is 17.5. The topological polar surface area (TPSA) is 0 Å². The van der Waals surface area contributed by atoms with Gasteiger partial charge in [0.1, 0.15) is 0 Å². The Kier molecular flexibility index (Phi) is 21.3. The lowest BCUT2D eigenvalue weighted by molar-refractivity contribution is 0.262. The van der Waals surface area contributed by atoms with Crippen molar-refractivity contribution in [3.05, 3.63) is 47.6 Å². The van der Waals surface area contributed by atoms with Crippen molar-refractivity contribution in [3.63, 3.8) is 0 Å². The molecule has 0 spiro atoms. The summed E-state index contributed by atoms with van der Waals surface area (Å²) in [6, 6.07) is 0. The van der Waals surface area contributed by atoms with Gasteiger partial charge in [0, 0.05) is 0 Å². The van der Waals surface area contributed by atoms with Crippen LogP contribution in [0.25, 0.3) is 0 Å². The first kappa shape index (κ1) is 44.0. The zero-order valence-electron chi connectivity index (χ0n) is 32.8. The smallest absolute Gasteiger partial charge is 0.0175 e. The lowest BCUT2D eigenvalue weighted by Crippen LogP contribution is -2.19. The molecule has 6 atom stereocenters. The fourth-order valence-electron chi connectivity index (χ4n) is 7.78.